The summed E-state index contributed by atoms with van der Waals surface area (Å²) in [5, 5.41) is 24.2. The van der Waals surface area contributed by atoms with E-state index in [0.717, 1.165) is 5.57 Å². The molecule has 4 atom stereocenters. The highest BCUT2D eigenvalue weighted by Crippen LogP contribution is 2.36. The summed E-state index contributed by atoms with van der Waals surface area (Å²) in [5.74, 6) is -0.249. The van der Waals surface area contributed by atoms with Crippen LogP contribution in [0, 0.1) is 6.92 Å². The summed E-state index contributed by atoms with van der Waals surface area (Å²) in [6.07, 6.45) is -3.50. The Bertz CT molecular complexity index is 1620. The van der Waals surface area contributed by atoms with Gasteiger partial charge in [0.1, 0.15) is 28.9 Å². The topological polar surface area (TPSA) is 180 Å². The zero-order valence-corrected chi connectivity index (χ0v) is 24.8. The number of hydrogen-bond donors (Lipinski definition) is 4. The van der Waals surface area contributed by atoms with Gasteiger partial charge in [0, 0.05) is 23.6 Å². The number of aliphatic hydroxyl groups is 1. The first kappa shape index (κ1) is 31.5. The number of carbonyl (C=O) groups is 2. The van der Waals surface area contributed by atoms with E-state index in [-0.39, 0.29) is 28.3 Å². The summed E-state index contributed by atoms with van der Waals surface area (Å²) >= 11 is 0. The summed E-state index contributed by atoms with van der Waals surface area (Å²) in [6.45, 7) is 8.89. The number of methoxy groups -OCH3 is 1. The number of amides is 2. The van der Waals surface area contributed by atoms with Gasteiger partial charge in [-0.25, -0.2) is 9.59 Å². The first-order valence-electron chi connectivity index (χ1n) is 13.6. The molecule has 0 radical (unpaired) electrons. The van der Waals surface area contributed by atoms with Crippen LogP contribution in [0.5, 0.6) is 11.5 Å². The van der Waals surface area contributed by atoms with Gasteiger partial charge in [-0.1, -0.05) is 11.6 Å². The van der Waals surface area contributed by atoms with Crippen LogP contribution in [0.3, 0.4) is 0 Å². The minimum atomic E-state index is -1.47. The van der Waals surface area contributed by atoms with Gasteiger partial charge in [0.05, 0.1) is 5.60 Å². The Kier molecular flexibility index (Phi) is 9.14. The largest absolute Gasteiger partial charge is 0.508 e. The van der Waals surface area contributed by atoms with Crippen molar-refractivity contribution in [1.29, 1.82) is 0 Å². The molecule has 2 aromatic carbocycles. The number of ether oxygens (including phenoxy) is 4. The minimum absolute atomic E-state index is 0.0666. The Morgan fingerprint density at radius 1 is 1.16 bits per heavy atom. The highest BCUT2D eigenvalue weighted by molar-refractivity contribution is 6.05. The summed E-state index contributed by atoms with van der Waals surface area (Å²) < 4.78 is 28.0. The lowest BCUT2D eigenvalue weighted by Crippen LogP contribution is -2.65. The lowest BCUT2D eigenvalue weighted by atomic mass is 9.89. The molecule has 1 aliphatic heterocycles. The summed E-state index contributed by atoms with van der Waals surface area (Å²) in [7, 11) is 1.39. The number of allylic oxidation sites excluding steroid dienone is 2. The maximum absolute atomic E-state index is 13.0. The zero-order valence-electron chi connectivity index (χ0n) is 24.8. The van der Waals surface area contributed by atoms with Gasteiger partial charge in [0.15, 0.2) is 12.2 Å². The SMILES string of the molecule is CO[C@@H]1C(OC(N)=O)C(O)[C@H](Oc2ccc3cc(NC(=O)c4ccc(O)c(CC=C(C)C)c4)c(=O)oc3c2C)OC1(C)C. The molecular weight excluding hydrogens is 560 g/mol. The van der Waals surface area contributed by atoms with Crippen LogP contribution in [-0.2, 0) is 20.6 Å². The van der Waals surface area contributed by atoms with Gasteiger partial charge in [-0.15, -0.1) is 0 Å². The number of aryl methyl sites for hydroxylation is 1. The molecule has 1 fully saturated rings. The maximum atomic E-state index is 13.0. The van der Waals surface area contributed by atoms with Crippen LogP contribution in [0.15, 0.2) is 57.3 Å². The monoisotopic (exact) mass is 596 g/mol. The van der Waals surface area contributed by atoms with Gasteiger partial charge in [-0.2, -0.15) is 0 Å². The second-order valence-electron chi connectivity index (χ2n) is 11.1. The molecule has 230 valence electrons. The molecule has 1 saturated heterocycles. The standard InChI is InChI=1S/C31H36N2O10/c1-15(2)7-8-17-13-19(9-11-21(17)34)27(36)33-20-14-18-10-12-22(16(3)24(18)41-28(20)37)40-29-23(35)25(42-30(32)38)26(39-6)31(4,5)43-29/h7,9-14,23,25-26,29,34-35H,8H2,1-6H3,(H2,32,38)(H,33,36)/t23?,25?,26-,29-/m1/s1. The number of hydrogen-bond acceptors (Lipinski definition) is 10. The molecule has 0 saturated carbocycles. The third-order valence-electron chi connectivity index (χ3n) is 7.19. The van der Waals surface area contributed by atoms with Crippen molar-refractivity contribution in [3.63, 3.8) is 0 Å². The Balaban J connectivity index is 1.58. The van der Waals surface area contributed by atoms with Crippen molar-refractivity contribution in [3.8, 4) is 11.5 Å². The van der Waals surface area contributed by atoms with Crippen molar-refractivity contribution in [2.75, 3.05) is 12.4 Å². The van der Waals surface area contributed by atoms with Gasteiger partial charge in [-0.05, 0) is 83.0 Å². The van der Waals surface area contributed by atoms with Crippen LogP contribution in [-0.4, -0.2) is 59.5 Å². The Morgan fingerprint density at radius 3 is 2.53 bits per heavy atom. The van der Waals surface area contributed by atoms with E-state index in [1.165, 1.54) is 25.3 Å². The number of aromatic hydroxyl groups is 1. The fourth-order valence-corrected chi connectivity index (χ4v) is 4.99. The molecule has 0 spiro atoms. The fraction of sp³-hybridized carbons (Fsp3) is 0.387. The van der Waals surface area contributed by atoms with E-state index in [0.29, 0.717) is 22.9 Å². The predicted octanol–water partition coefficient (Wildman–Crippen LogP) is 3.92. The molecule has 3 aromatic rings. The first-order valence-corrected chi connectivity index (χ1v) is 13.6. The molecule has 1 aromatic heterocycles. The van der Waals surface area contributed by atoms with E-state index < -0.39 is 47.8 Å². The molecule has 5 N–H and O–H groups in total. The molecule has 0 aliphatic carbocycles. The summed E-state index contributed by atoms with van der Waals surface area (Å²) in [6, 6.07) is 9.15. The van der Waals surface area contributed by atoms with Crippen LogP contribution in [0.2, 0.25) is 0 Å². The lowest BCUT2D eigenvalue weighted by molar-refractivity contribution is -0.304. The van der Waals surface area contributed by atoms with E-state index >= 15 is 0 Å². The highest BCUT2D eigenvalue weighted by Gasteiger charge is 2.53. The van der Waals surface area contributed by atoms with E-state index in [1.807, 2.05) is 19.9 Å². The Labute approximate surface area is 248 Å². The predicted molar refractivity (Wildman–Crippen MR) is 157 cm³/mol. The second kappa shape index (κ2) is 12.5. The molecule has 2 amide bonds. The molecule has 43 heavy (non-hydrogen) atoms. The number of anilines is 1. The number of aliphatic hydroxyl groups excluding tert-OH is 1. The number of primary amides is 1. The molecular formula is C31H36N2O10. The quantitative estimate of drug-likeness (QED) is 0.220. The molecule has 12 nitrogen and oxygen atoms in total. The van der Waals surface area contributed by atoms with Crippen LogP contribution in [0.4, 0.5) is 10.5 Å². The van der Waals surface area contributed by atoms with Gasteiger partial charge >= 0.3 is 11.7 Å². The van der Waals surface area contributed by atoms with Crippen molar-refractivity contribution >= 4 is 28.7 Å². The number of phenolic OH excluding ortho intramolecular Hbond substituents is 1. The van der Waals surface area contributed by atoms with Crippen LogP contribution in [0.25, 0.3) is 11.0 Å². The van der Waals surface area contributed by atoms with E-state index in [4.69, 9.17) is 29.1 Å². The van der Waals surface area contributed by atoms with Gasteiger partial charge in [0.25, 0.3) is 5.91 Å². The Morgan fingerprint density at radius 2 is 1.88 bits per heavy atom. The minimum Gasteiger partial charge on any atom is -0.508 e. The second-order valence-corrected chi connectivity index (χ2v) is 11.1. The molecule has 12 heteroatoms. The van der Waals surface area contributed by atoms with Crippen molar-refractivity contribution < 1.29 is 43.2 Å². The smallest absolute Gasteiger partial charge is 0.404 e. The van der Waals surface area contributed by atoms with Crippen molar-refractivity contribution in [2.45, 2.75) is 71.2 Å². The van der Waals surface area contributed by atoms with Crippen LogP contribution < -0.4 is 21.4 Å². The number of phenols is 1. The average molecular weight is 597 g/mol. The number of benzene rings is 2. The zero-order chi connectivity index (χ0) is 31.6. The van der Waals surface area contributed by atoms with E-state index in [2.05, 4.69) is 5.32 Å². The first-order chi connectivity index (χ1) is 20.2. The molecule has 0 bridgehead atoms. The van der Waals surface area contributed by atoms with Gasteiger partial charge in [-0.3, -0.25) is 4.79 Å². The Hall–Kier alpha value is -4.39. The molecule has 2 unspecified atom stereocenters. The fourth-order valence-electron chi connectivity index (χ4n) is 4.99. The molecule has 4 rings (SSSR count). The van der Waals surface area contributed by atoms with E-state index in [9.17, 15) is 24.6 Å². The number of fused-ring (bicyclic) bond motifs is 1. The molecule has 2 heterocycles. The maximum Gasteiger partial charge on any atom is 0.404 e. The third-order valence-corrected chi connectivity index (χ3v) is 7.19. The van der Waals surface area contributed by atoms with Crippen molar-refractivity contribution in [3.05, 3.63) is 75.2 Å². The van der Waals surface area contributed by atoms with E-state index in [1.54, 1.807) is 39.0 Å². The molecule has 1 aliphatic rings. The summed E-state index contributed by atoms with van der Waals surface area (Å²) in [4.78, 5) is 37.4. The third kappa shape index (κ3) is 6.82. The van der Waals surface area contributed by atoms with Crippen LogP contribution in [0.1, 0.15) is 49.2 Å². The lowest BCUT2D eigenvalue weighted by Gasteiger charge is -2.47. The van der Waals surface area contributed by atoms with Crippen molar-refractivity contribution in [2.24, 2.45) is 5.73 Å². The number of nitrogens with two attached hydrogens (primary N) is 1. The average Bonchev–Trinajstić information content (AvgIpc) is 2.92. The number of carbonyl (C=O) groups excluding carboxylic acids is 2. The van der Waals surface area contributed by atoms with Crippen LogP contribution >= 0.6 is 0 Å². The summed E-state index contributed by atoms with van der Waals surface area (Å²) in [5.41, 5.74) is 5.81. The highest BCUT2D eigenvalue weighted by atomic mass is 16.7. The normalized spacial score (nSPS) is 21.2. The van der Waals surface area contributed by atoms with Gasteiger partial charge in [0.2, 0.25) is 6.29 Å². The van der Waals surface area contributed by atoms with Crippen molar-refractivity contribution in [1.82, 2.24) is 0 Å². The van der Waals surface area contributed by atoms with Gasteiger partial charge < -0.3 is 44.6 Å². The number of nitrogens with one attached hydrogen (secondary N) is 1. The number of rotatable bonds is 8.